The van der Waals surface area contributed by atoms with Crippen LogP contribution in [0.3, 0.4) is 0 Å². The first-order chi connectivity index (χ1) is 18.5. The van der Waals surface area contributed by atoms with Crippen LogP contribution in [0.2, 0.25) is 0 Å². The number of ether oxygens (including phenoxy) is 1. The van der Waals surface area contributed by atoms with Gasteiger partial charge in [0, 0.05) is 42.8 Å². The van der Waals surface area contributed by atoms with Crippen LogP contribution < -0.4 is 10.2 Å². The summed E-state index contributed by atoms with van der Waals surface area (Å²) in [5, 5.41) is 8.53. The fourth-order valence-corrected chi connectivity index (χ4v) is 6.10. The summed E-state index contributed by atoms with van der Waals surface area (Å²) in [6.45, 7) is 10.1. The van der Waals surface area contributed by atoms with Crippen LogP contribution in [-0.2, 0) is 9.53 Å². The number of nitrogens with one attached hydrogen (secondary N) is 2. The number of amides is 1. The summed E-state index contributed by atoms with van der Waals surface area (Å²) in [6, 6.07) is 9.19. The molecule has 0 radical (unpaired) electrons. The number of carbonyl (C=O) groups excluding carboxylic acids is 1. The number of likely N-dealkylation sites (tertiary alicyclic amines) is 1. The van der Waals surface area contributed by atoms with E-state index in [2.05, 4.69) is 74.5 Å². The molecule has 3 aromatic heterocycles. The summed E-state index contributed by atoms with van der Waals surface area (Å²) in [7, 11) is 1.70. The number of benzene rings is 1. The van der Waals surface area contributed by atoms with Crippen molar-refractivity contribution >= 4 is 28.1 Å². The molecular weight excluding hydrogens is 478 g/mol. The van der Waals surface area contributed by atoms with Gasteiger partial charge >= 0.3 is 0 Å². The van der Waals surface area contributed by atoms with Gasteiger partial charge in [0.1, 0.15) is 6.33 Å². The second-order valence-corrected chi connectivity index (χ2v) is 10.8. The number of hydrogen-bond donors (Lipinski definition) is 2. The van der Waals surface area contributed by atoms with Gasteiger partial charge < -0.3 is 19.9 Å². The van der Waals surface area contributed by atoms with E-state index in [0.717, 1.165) is 80.3 Å². The lowest BCUT2D eigenvalue weighted by atomic mass is 9.87. The molecule has 2 N–H and O–H groups in total. The summed E-state index contributed by atoms with van der Waals surface area (Å²) >= 11 is 0. The molecule has 1 amide bonds. The Morgan fingerprint density at radius 2 is 1.95 bits per heavy atom. The van der Waals surface area contributed by atoms with Crippen molar-refractivity contribution in [2.45, 2.75) is 38.5 Å². The maximum absolute atomic E-state index is 11.8. The number of carbonyl (C=O) groups is 1. The van der Waals surface area contributed by atoms with Crippen molar-refractivity contribution in [2.24, 2.45) is 0 Å². The zero-order chi connectivity index (χ0) is 26.2. The molecule has 0 unspecified atom stereocenters. The minimum Gasteiger partial charge on any atom is -0.378 e. The number of piperidine rings is 1. The van der Waals surface area contributed by atoms with Gasteiger partial charge in [-0.05, 0) is 67.1 Å². The summed E-state index contributed by atoms with van der Waals surface area (Å²) in [5.74, 6) is 0.951. The highest BCUT2D eigenvalue weighted by atomic mass is 16.5. The van der Waals surface area contributed by atoms with E-state index < -0.39 is 0 Å². The highest BCUT2D eigenvalue weighted by Crippen LogP contribution is 2.39. The molecule has 9 heteroatoms. The topological polar surface area (TPSA) is 90.8 Å². The third-order valence-electron chi connectivity index (χ3n) is 8.14. The number of likely N-dealkylation sites (N-methyl/N-ethyl adjacent to an activating group) is 1. The minimum atomic E-state index is 0.0900. The number of morpholine rings is 1. The Balaban J connectivity index is 1.35. The average molecular weight is 516 g/mol. The molecule has 0 bridgehead atoms. The molecule has 0 saturated carbocycles. The third kappa shape index (κ3) is 4.65. The second kappa shape index (κ2) is 10.4. The molecule has 0 aliphatic carbocycles. The molecule has 4 aromatic rings. The smallest absolute Gasteiger partial charge is 0.233 e. The van der Waals surface area contributed by atoms with Crippen LogP contribution in [0.25, 0.3) is 27.8 Å². The van der Waals surface area contributed by atoms with E-state index in [4.69, 9.17) is 4.74 Å². The first kappa shape index (κ1) is 24.9. The molecule has 6 rings (SSSR count). The first-order valence-electron chi connectivity index (χ1n) is 13.8. The Morgan fingerprint density at radius 3 is 2.68 bits per heavy atom. The van der Waals surface area contributed by atoms with E-state index in [0.29, 0.717) is 18.4 Å². The second-order valence-electron chi connectivity index (χ2n) is 10.8. The standard InChI is InChI=1S/C29H37N7O2/c1-19(2)27-23-14-21(20-6-8-34(9-7-20)17-26(37)30-3)4-5-24(23)33-28(27)22-15-25(35-10-12-38-13-11-35)29-31-18-32-36(29)16-22/h4-5,14-16,18-20,33H,6-13,17H2,1-3H3,(H,30,37). The minimum absolute atomic E-state index is 0.0900. The molecule has 1 aromatic carbocycles. The van der Waals surface area contributed by atoms with Crippen LogP contribution in [0.5, 0.6) is 0 Å². The largest absolute Gasteiger partial charge is 0.378 e. The monoisotopic (exact) mass is 515 g/mol. The van der Waals surface area contributed by atoms with Crippen molar-refractivity contribution < 1.29 is 9.53 Å². The number of H-pyrrole nitrogens is 1. The van der Waals surface area contributed by atoms with E-state index in [9.17, 15) is 4.79 Å². The normalized spacial score (nSPS) is 17.6. The van der Waals surface area contributed by atoms with Crippen molar-refractivity contribution in [1.82, 2.24) is 29.8 Å². The maximum Gasteiger partial charge on any atom is 0.233 e. The molecule has 2 aliphatic rings. The van der Waals surface area contributed by atoms with E-state index >= 15 is 0 Å². The predicted octanol–water partition coefficient (Wildman–Crippen LogP) is 3.76. The SMILES string of the molecule is CNC(=O)CN1CCC(c2ccc3[nH]c(-c4cc(N5CCOCC5)c5ncnn5c4)c(C(C)C)c3c2)CC1. The van der Waals surface area contributed by atoms with Gasteiger partial charge in [-0.3, -0.25) is 9.69 Å². The number of fused-ring (bicyclic) bond motifs is 2. The van der Waals surface area contributed by atoms with Gasteiger partial charge in [0.05, 0.1) is 31.1 Å². The Kier molecular flexibility index (Phi) is 6.80. The number of rotatable bonds is 6. The van der Waals surface area contributed by atoms with Gasteiger partial charge in [0.15, 0.2) is 5.65 Å². The maximum atomic E-state index is 11.8. The van der Waals surface area contributed by atoms with Gasteiger partial charge in [-0.2, -0.15) is 5.10 Å². The summed E-state index contributed by atoms with van der Waals surface area (Å²) < 4.78 is 7.49. The zero-order valence-electron chi connectivity index (χ0n) is 22.5. The van der Waals surface area contributed by atoms with E-state index in [1.165, 1.54) is 16.5 Å². The van der Waals surface area contributed by atoms with Crippen molar-refractivity contribution in [1.29, 1.82) is 0 Å². The Hall–Kier alpha value is -3.43. The molecular formula is C29H37N7O2. The fraction of sp³-hybridized carbons (Fsp3) is 0.483. The van der Waals surface area contributed by atoms with Crippen molar-refractivity contribution in [3.63, 3.8) is 0 Å². The van der Waals surface area contributed by atoms with Crippen LogP contribution in [0.1, 0.15) is 49.7 Å². The van der Waals surface area contributed by atoms with Gasteiger partial charge in [-0.15, -0.1) is 0 Å². The average Bonchev–Trinajstić information content (AvgIpc) is 3.58. The Morgan fingerprint density at radius 1 is 1.16 bits per heavy atom. The number of anilines is 1. The van der Waals surface area contributed by atoms with Crippen molar-refractivity contribution in [3.05, 3.63) is 47.9 Å². The van der Waals surface area contributed by atoms with Crippen molar-refractivity contribution in [3.8, 4) is 11.3 Å². The summed E-state index contributed by atoms with van der Waals surface area (Å²) in [4.78, 5) is 24.7. The van der Waals surface area contributed by atoms with E-state index in [1.807, 2.05) is 4.52 Å². The molecule has 200 valence electrons. The van der Waals surface area contributed by atoms with Gasteiger partial charge in [0.25, 0.3) is 0 Å². The summed E-state index contributed by atoms with van der Waals surface area (Å²) in [5.41, 5.74) is 8.14. The summed E-state index contributed by atoms with van der Waals surface area (Å²) in [6.07, 6.45) is 5.86. The Bertz CT molecular complexity index is 1440. The molecule has 9 nitrogen and oxygen atoms in total. The molecule has 38 heavy (non-hydrogen) atoms. The molecule has 2 saturated heterocycles. The Labute approximate surface area is 223 Å². The lowest BCUT2D eigenvalue weighted by molar-refractivity contribution is -0.122. The van der Waals surface area contributed by atoms with Gasteiger partial charge in [-0.1, -0.05) is 19.9 Å². The third-order valence-corrected chi connectivity index (χ3v) is 8.14. The van der Waals surface area contributed by atoms with E-state index in [-0.39, 0.29) is 5.91 Å². The molecule has 5 heterocycles. The number of nitrogens with zero attached hydrogens (tertiary/aromatic N) is 5. The highest BCUT2D eigenvalue weighted by molar-refractivity contribution is 5.93. The van der Waals surface area contributed by atoms with Gasteiger partial charge in [0.2, 0.25) is 5.91 Å². The van der Waals surface area contributed by atoms with E-state index in [1.54, 1.807) is 13.4 Å². The van der Waals surface area contributed by atoms with Crippen LogP contribution in [0, 0.1) is 0 Å². The van der Waals surface area contributed by atoms with Gasteiger partial charge in [-0.25, -0.2) is 9.50 Å². The number of hydrogen-bond acceptors (Lipinski definition) is 6. The highest BCUT2D eigenvalue weighted by Gasteiger charge is 2.25. The first-order valence-corrected chi connectivity index (χ1v) is 13.8. The van der Waals surface area contributed by atoms with Crippen LogP contribution in [0.15, 0.2) is 36.8 Å². The fourth-order valence-electron chi connectivity index (χ4n) is 6.10. The predicted molar refractivity (Wildman–Crippen MR) is 150 cm³/mol. The number of aromatic nitrogens is 4. The number of aromatic amines is 1. The van der Waals surface area contributed by atoms with Crippen LogP contribution in [0.4, 0.5) is 5.69 Å². The molecule has 0 spiro atoms. The lowest BCUT2D eigenvalue weighted by Gasteiger charge is -2.31. The number of pyridine rings is 1. The molecule has 2 fully saturated rings. The zero-order valence-corrected chi connectivity index (χ0v) is 22.5. The molecule has 0 atom stereocenters. The van der Waals surface area contributed by atoms with Crippen LogP contribution >= 0.6 is 0 Å². The molecule has 2 aliphatic heterocycles. The lowest BCUT2D eigenvalue weighted by Crippen LogP contribution is -2.40. The van der Waals surface area contributed by atoms with Crippen LogP contribution in [-0.4, -0.2) is 83.4 Å². The quantitative estimate of drug-likeness (QED) is 0.406. The van der Waals surface area contributed by atoms with Crippen molar-refractivity contribution in [2.75, 3.05) is 57.9 Å².